The molecule has 0 aliphatic carbocycles. The van der Waals surface area contributed by atoms with E-state index in [1.54, 1.807) is 6.07 Å². The fourth-order valence-corrected chi connectivity index (χ4v) is 1.90. The highest BCUT2D eigenvalue weighted by molar-refractivity contribution is 5.93. The van der Waals surface area contributed by atoms with E-state index in [9.17, 15) is 4.79 Å². The Morgan fingerprint density at radius 2 is 2.53 bits per heavy atom. The summed E-state index contributed by atoms with van der Waals surface area (Å²) in [6, 6.07) is 2.08. The summed E-state index contributed by atoms with van der Waals surface area (Å²) in [6.45, 7) is 6.12. The molecule has 0 saturated carbocycles. The lowest BCUT2D eigenvalue weighted by Crippen LogP contribution is -2.46. The number of hydrogen-bond donors (Lipinski definition) is 1. The minimum Gasteiger partial charge on any atom is -0.472 e. The van der Waals surface area contributed by atoms with Gasteiger partial charge in [-0.2, -0.15) is 0 Å². The van der Waals surface area contributed by atoms with Crippen LogP contribution in [0.1, 0.15) is 17.3 Å². The summed E-state index contributed by atoms with van der Waals surface area (Å²) < 4.78 is 10.2. The van der Waals surface area contributed by atoms with Crippen LogP contribution in [0.15, 0.2) is 23.0 Å². The number of morpholine rings is 1. The molecule has 2 heterocycles. The zero-order valence-electron chi connectivity index (χ0n) is 10.0. The van der Waals surface area contributed by atoms with Crippen LogP contribution in [-0.2, 0) is 4.74 Å². The van der Waals surface area contributed by atoms with Gasteiger partial charge in [0.05, 0.1) is 25.0 Å². The third-order valence-corrected chi connectivity index (χ3v) is 2.97. The third-order valence-electron chi connectivity index (χ3n) is 2.97. The normalized spacial score (nSPS) is 21.4. The lowest BCUT2D eigenvalue weighted by Gasteiger charge is -2.33. The predicted molar refractivity (Wildman–Crippen MR) is 62.9 cm³/mol. The first-order chi connectivity index (χ1) is 8.27. The lowest BCUT2D eigenvalue weighted by molar-refractivity contribution is 0.000540. The molecule has 0 radical (unpaired) electrons. The molecule has 5 nitrogen and oxygen atoms in total. The van der Waals surface area contributed by atoms with Gasteiger partial charge in [0.25, 0.3) is 5.91 Å². The molecule has 5 heteroatoms. The molecule has 1 aliphatic rings. The third kappa shape index (κ3) is 3.31. The molecule has 1 aromatic rings. The summed E-state index contributed by atoms with van der Waals surface area (Å²) in [5.41, 5.74) is 0.569. The first kappa shape index (κ1) is 12.1. The molecule has 0 aromatic carbocycles. The average molecular weight is 238 g/mol. The van der Waals surface area contributed by atoms with Crippen LogP contribution in [-0.4, -0.2) is 49.7 Å². The van der Waals surface area contributed by atoms with E-state index in [0.29, 0.717) is 18.2 Å². The summed E-state index contributed by atoms with van der Waals surface area (Å²) in [6.07, 6.45) is 2.95. The molecule has 1 N–H and O–H groups in total. The quantitative estimate of drug-likeness (QED) is 0.840. The van der Waals surface area contributed by atoms with Crippen LogP contribution in [0.25, 0.3) is 0 Å². The van der Waals surface area contributed by atoms with E-state index in [1.165, 1.54) is 12.5 Å². The van der Waals surface area contributed by atoms with Crippen molar-refractivity contribution in [2.45, 2.75) is 13.0 Å². The van der Waals surface area contributed by atoms with E-state index in [0.717, 1.165) is 26.3 Å². The molecule has 17 heavy (non-hydrogen) atoms. The monoisotopic (exact) mass is 238 g/mol. The standard InChI is InChI=1S/C12H18N2O3/c1-10-8-17-7-5-14(10)4-3-13-12(15)11-2-6-16-9-11/h2,6,9-10H,3-5,7-8H2,1H3,(H,13,15). The molecule has 0 spiro atoms. The van der Waals surface area contributed by atoms with E-state index in [2.05, 4.69) is 17.1 Å². The van der Waals surface area contributed by atoms with Gasteiger partial charge in [0.1, 0.15) is 6.26 Å². The van der Waals surface area contributed by atoms with Gasteiger partial charge >= 0.3 is 0 Å². The fourth-order valence-electron chi connectivity index (χ4n) is 1.90. The Hall–Kier alpha value is -1.33. The number of furan rings is 1. The number of carbonyl (C=O) groups excluding carboxylic acids is 1. The number of nitrogens with zero attached hydrogens (tertiary/aromatic N) is 1. The van der Waals surface area contributed by atoms with Crippen molar-refractivity contribution < 1.29 is 13.9 Å². The molecule has 94 valence electrons. The van der Waals surface area contributed by atoms with Crippen molar-refractivity contribution in [3.8, 4) is 0 Å². The van der Waals surface area contributed by atoms with Crippen LogP contribution in [0.3, 0.4) is 0 Å². The molecule has 0 bridgehead atoms. The van der Waals surface area contributed by atoms with Gasteiger partial charge in [-0.3, -0.25) is 9.69 Å². The highest BCUT2D eigenvalue weighted by Gasteiger charge is 2.18. The van der Waals surface area contributed by atoms with E-state index in [4.69, 9.17) is 9.15 Å². The van der Waals surface area contributed by atoms with Crippen LogP contribution < -0.4 is 5.32 Å². The number of hydrogen-bond acceptors (Lipinski definition) is 4. The molecule has 1 amide bonds. The van der Waals surface area contributed by atoms with E-state index >= 15 is 0 Å². The van der Waals surface area contributed by atoms with Crippen molar-refractivity contribution in [2.24, 2.45) is 0 Å². The zero-order valence-corrected chi connectivity index (χ0v) is 10.0. The summed E-state index contributed by atoms with van der Waals surface area (Å²) in [4.78, 5) is 13.9. The summed E-state index contributed by atoms with van der Waals surface area (Å²) >= 11 is 0. The molecule has 1 aliphatic heterocycles. The van der Waals surface area contributed by atoms with Crippen LogP contribution in [0.2, 0.25) is 0 Å². The SMILES string of the molecule is CC1COCCN1CCNC(=O)c1ccoc1. The van der Waals surface area contributed by atoms with E-state index in [-0.39, 0.29) is 5.91 Å². The van der Waals surface area contributed by atoms with Gasteiger partial charge in [0, 0.05) is 25.7 Å². The summed E-state index contributed by atoms with van der Waals surface area (Å²) in [5, 5.41) is 2.87. The number of amides is 1. The van der Waals surface area contributed by atoms with Gasteiger partial charge in [-0.25, -0.2) is 0 Å². The lowest BCUT2D eigenvalue weighted by atomic mass is 10.2. The predicted octanol–water partition coefficient (Wildman–Crippen LogP) is 0.730. The van der Waals surface area contributed by atoms with Crippen molar-refractivity contribution in [1.82, 2.24) is 10.2 Å². The van der Waals surface area contributed by atoms with Crippen LogP contribution in [0.5, 0.6) is 0 Å². The minimum atomic E-state index is -0.0836. The minimum absolute atomic E-state index is 0.0836. The van der Waals surface area contributed by atoms with E-state index < -0.39 is 0 Å². The topological polar surface area (TPSA) is 54.7 Å². The zero-order chi connectivity index (χ0) is 12.1. The molecule has 1 saturated heterocycles. The smallest absolute Gasteiger partial charge is 0.254 e. The number of nitrogens with one attached hydrogen (secondary N) is 1. The average Bonchev–Trinajstić information content (AvgIpc) is 2.85. The van der Waals surface area contributed by atoms with Crippen LogP contribution in [0.4, 0.5) is 0 Å². The second-order valence-electron chi connectivity index (χ2n) is 4.23. The first-order valence-electron chi connectivity index (χ1n) is 5.89. The molecule has 1 atom stereocenters. The van der Waals surface area contributed by atoms with Gasteiger partial charge in [0.2, 0.25) is 0 Å². The molecule has 1 aromatic heterocycles. The largest absolute Gasteiger partial charge is 0.472 e. The van der Waals surface area contributed by atoms with Crippen molar-refractivity contribution >= 4 is 5.91 Å². The summed E-state index contributed by atoms with van der Waals surface area (Å²) in [7, 11) is 0. The highest BCUT2D eigenvalue weighted by atomic mass is 16.5. The Balaban J connectivity index is 1.70. The summed E-state index contributed by atoms with van der Waals surface area (Å²) in [5.74, 6) is -0.0836. The molecule has 1 unspecified atom stereocenters. The van der Waals surface area contributed by atoms with Gasteiger partial charge < -0.3 is 14.5 Å². The molecule has 2 rings (SSSR count). The van der Waals surface area contributed by atoms with Crippen molar-refractivity contribution in [1.29, 1.82) is 0 Å². The van der Waals surface area contributed by atoms with E-state index in [1.807, 2.05) is 0 Å². The van der Waals surface area contributed by atoms with Gasteiger partial charge in [-0.15, -0.1) is 0 Å². The van der Waals surface area contributed by atoms with Crippen molar-refractivity contribution in [3.05, 3.63) is 24.2 Å². The van der Waals surface area contributed by atoms with Gasteiger partial charge in [0.15, 0.2) is 0 Å². The van der Waals surface area contributed by atoms with Crippen LogP contribution >= 0.6 is 0 Å². The fraction of sp³-hybridized carbons (Fsp3) is 0.583. The maximum absolute atomic E-state index is 11.6. The first-order valence-corrected chi connectivity index (χ1v) is 5.89. The van der Waals surface area contributed by atoms with Gasteiger partial charge in [-0.05, 0) is 13.0 Å². The van der Waals surface area contributed by atoms with Crippen LogP contribution in [0, 0.1) is 0 Å². The van der Waals surface area contributed by atoms with Gasteiger partial charge in [-0.1, -0.05) is 0 Å². The second kappa shape index (κ2) is 5.84. The maximum atomic E-state index is 11.6. The Kier molecular flexibility index (Phi) is 4.17. The maximum Gasteiger partial charge on any atom is 0.254 e. The Bertz CT molecular complexity index is 351. The highest BCUT2D eigenvalue weighted by Crippen LogP contribution is 2.05. The number of carbonyl (C=O) groups is 1. The second-order valence-corrected chi connectivity index (χ2v) is 4.23. The van der Waals surface area contributed by atoms with Crippen molar-refractivity contribution in [3.63, 3.8) is 0 Å². The Morgan fingerprint density at radius 3 is 3.24 bits per heavy atom. The Morgan fingerprint density at radius 1 is 1.65 bits per heavy atom. The Labute approximate surface area is 101 Å². The molecule has 1 fully saturated rings. The van der Waals surface area contributed by atoms with Crippen molar-refractivity contribution in [2.75, 3.05) is 32.8 Å². The number of rotatable bonds is 4. The number of ether oxygens (including phenoxy) is 1. The molecular formula is C12H18N2O3. The molecular weight excluding hydrogens is 220 g/mol.